The predicted octanol–water partition coefficient (Wildman–Crippen LogP) is 3.63. The Hall–Kier alpha value is -1.91. The maximum Gasteiger partial charge on any atom is 0.225 e. The molecule has 2 heterocycles. The summed E-state index contributed by atoms with van der Waals surface area (Å²) in [6.45, 7) is 0. The number of benzene rings is 1. The smallest absolute Gasteiger partial charge is 0.225 e. The Bertz CT molecular complexity index is 832. The molecule has 4 fully saturated rings. The number of carbonyl (C=O) groups excluding carboxylic acids is 1. The van der Waals surface area contributed by atoms with Crippen LogP contribution >= 0.6 is 11.6 Å². The van der Waals surface area contributed by atoms with E-state index in [1.54, 1.807) is 4.90 Å². The van der Waals surface area contributed by atoms with Crippen molar-refractivity contribution in [3.8, 4) is 0 Å². The number of hydrogen-bond donors (Lipinski definition) is 1. The topological polar surface area (TPSA) is 53.4 Å². The van der Waals surface area contributed by atoms with Crippen LogP contribution in [-0.2, 0) is 10.2 Å². The van der Waals surface area contributed by atoms with E-state index < -0.39 is 6.23 Å². The molecule has 6 rings (SSSR count). The normalized spacial score (nSPS) is 35.6. The number of amides is 1. The van der Waals surface area contributed by atoms with Gasteiger partial charge in [-0.25, -0.2) is 0 Å². The van der Waals surface area contributed by atoms with Crippen molar-refractivity contribution in [3.05, 3.63) is 64.9 Å². The summed E-state index contributed by atoms with van der Waals surface area (Å²) in [5, 5.41) is 11.5. The number of hydrogen-bond acceptors (Lipinski definition) is 3. The second-order valence-corrected chi connectivity index (χ2v) is 8.64. The van der Waals surface area contributed by atoms with Crippen LogP contribution in [0.1, 0.15) is 49.1 Å². The van der Waals surface area contributed by atoms with Gasteiger partial charge in [0, 0.05) is 34.8 Å². The molecule has 1 aromatic carbocycles. The van der Waals surface area contributed by atoms with Gasteiger partial charge < -0.3 is 10.0 Å². The Morgan fingerprint density at radius 1 is 1.08 bits per heavy atom. The molecule has 4 nitrogen and oxygen atoms in total. The number of aliphatic hydroxyl groups excluding tert-OH is 1. The van der Waals surface area contributed by atoms with Crippen LogP contribution in [-0.4, -0.2) is 32.7 Å². The van der Waals surface area contributed by atoms with Crippen molar-refractivity contribution >= 4 is 17.5 Å². The first-order valence-electron chi connectivity index (χ1n) is 9.18. The average Bonchev–Trinajstić information content (AvgIpc) is 2.56. The van der Waals surface area contributed by atoms with Crippen LogP contribution in [0.15, 0.2) is 48.8 Å². The maximum atomic E-state index is 12.9. The fourth-order valence-electron chi connectivity index (χ4n) is 5.49. The van der Waals surface area contributed by atoms with E-state index in [-0.39, 0.29) is 22.8 Å². The molecule has 0 spiro atoms. The molecule has 1 saturated heterocycles. The van der Waals surface area contributed by atoms with Gasteiger partial charge in [0.1, 0.15) is 6.23 Å². The van der Waals surface area contributed by atoms with Gasteiger partial charge in [-0.3, -0.25) is 9.78 Å². The van der Waals surface area contributed by atoms with Crippen LogP contribution in [0.3, 0.4) is 0 Å². The number of nitrogens with zero attached hydrogens (tertiary/aromatic N) is 2. The lowest BCUT2D eigenvalue weighted by molar-refractivity contribution is -0.225. The van der Waals surface area contributed by atoms with Crippen LogP contribution in [0.25, 0.3) is 0 Å². The molecule has 4 aliphatic rings. The molecule has 3 saturated carbocycles. The van der Waals surface area contributed by atoms with Crippen molar-refractivity contribution in [1.82, 2.24) is 9.88 Å². The van der Waals surface area contributed by atoms with E-state index in [4.69, 9.17) is 11.6 Å². The first kappa shape index (κ1) is 16.3. The van der Waals surface area contributed by atoms with E-state index in [1.807, 2.05) is 36.7 Å². The zero-order valence-electron chi connectivity index (χ0n) is 14.4. The molecule has 5 heteroatoms. The lowest BCUT2D eigenvalue weighted by Crippen LogP contribution is -2.79. The van der Waals surface area contributed by atoms with Crippen molar-refractivity contribution in [2.75, 3.05) is 0 Å². The highest BCUT2D eigenvalue weighted by molar-refractivity contribution is 6.30. The SMILES string of the molecule is O=C1CC(c2ccc(Cl)cc2)CC(O)N1C12CC(c3ccncc3)(C1)C2. The Morgan fingerprint density at radius 3 is 2.35 bits per heavy atom. The summed E-state index contributed by atoms with van der Waals surface area (Å²) in [5.74, 6) is 0.138. The Balaban J connectivity index is 1.31. The minimum atomic E-state index is -0.701. The Morgan fingerprint density at radius 2 is 1.73 bits per heavy atom. The zero-order chi connectivity index (χ0) is 17.9. The quantitative estimate of drug-likeness (QED) is 0.900. The number of piperidine rings is 1. The number of aliphatic hydroxyl groups is 1. The fraction of sp³-hybridized carbons (Fsp3) is 0.429. The molecule has 1 amide bonds. The lowest BCUT2D eigenvalue weighted by Gasteiger charge is -2.75. The molecule has 26 heavy (non-hydrogen) atoms. The van der Waals surface area contributed by atoms with Gasteiger partial charge in [0.05, 0.1) is 0 Å². The second-order valence-electron chi connectivity index (χ2n) is 8.20. The number of carbonyl (C=O) groups is 1. The van der Waals surface area contributed by atoms with Crippen molar-refractivity contribution in [3.63, 3.8) is 0 Å². The Kier molecular flexibility index (Phi) is 3.47. The number of rotatable bonds is 3. The van der Waals surface area contributed by atoms with E-state index in [1.165, 1.54) is 5.56 Å². The highest BCUT2D eigenvalue weighted by atomic mass is 35.5. The molecule has 134 valence electrons. The van der Waals surface area contributed by atoms with E-state index >= 15 is 0 Å². The predicted molar refractivity (Wildman–Crippen MR) is 98.8 cm³/mol. The van der Waals surface area contributed by atoms with Gasteiger partial charge in [0.2, 0.25) is 5.91 Å². The maximum absolute atomic E-state index is 12.9. The third kappa shape index (κ3) is 2.25. The first-order valence-corrected chi connectivity index (χ1v) is 9.55. The van der Waals surface area contributed by atoms with Crippen molar-refractivity contribution in [2.24, 2.45) is 0 Å². The summed E-state index contributed by atoms with van der Waals surface area (Å²) < 4.78 is 0. The molecule has 0 radical (unpaired) electrons. The van der Waals surface area contributed by atoms with Crippen molar-refractivity contribution < 1.29 is 9.90 Å². The molecular weight excluding hydrogens is 348 g/mol. The van der Waals surface area contributed by atoms with Gasteiger partial charge >= 0.3 is 0 Å². The van der Waals surface area contributed by atoms with Crippen LogP contribution < -0.4 is 0 Å². The summed E-state index contributed by atoms with van der Waals surface area (Å²) >= 11 is 5.96. The largest absolute Gasteiger partial charge is 0.373 e. The summed E-state index contributed by atoms with van der Waals surface area (Å²) in [7, 11) is 0. The molecule has 1 N–H and O–H groups in total. The van der Waals surface area contributed by atoms with E-state index in [2.05, 4.69) is 17.1 Å². The highest BCUT2D eigenvalue weighted by Gasteiger charge is 2.72. The van der Waals surface area contributed by atoms with Crippen LogP contribution in [0.2, 0.25) is 5.02 Å². The van der Waals surface area contributed by atoms with Crippen LogP contribution in [0, 0.1) is 0 Å². The fourth-order valence-corrected chi connectivity index (χ4v) is 5.62. The van der Waals surface area contributed by atoms with Crippen LogP contribution in [0.4, 0.5) is 0 Å². The monoisotopic (exact) mass is 368 g/mol. The third-order valence-corrected chi connectivity index (χ3v) is 6.88. The van der Waals surface area contributed by atoms with Gasteiger partial charge in [-0.15, -0.1) is 0 Å². The minimum absolute atomic E-state index is 0.0625. The summed E-state index contributed by atoms with van der Waals surface area (Å²) in [6.07, 6.45) is 6.89. The molecule has 1 aliphatic heterocycles. The Labute approximate surface area is 157 Å². The van der Waals surface area contributed by atoms with Crippen LogP contribution in [0.5, 0.6) is 0 Å². The molecule has 1 aromatic heterocycles. The molecule has 2 aromatic rings. The summed E-state index contributed by atoms with van der Waals surface area (Å²) in [5.41, 5.74) is 2.44. The zero-order valence-corrected chi connectivity index (χ0v) is 15.2. The standard InChI is InChI=1S/C21H21ClN2O2/c22-17-3-1-14(2-4-17)15-9-18(25)24(19(26)10-15)21-11-20(12-21,13-21)16-5-7-23-8-6-16/h1-8,15,18,25H,9-13H2. The van der Waals surface area contributed by atoms with Crippen molar-refractivity contribution in [1.29, 1.82) is 0 Å². The molecule has 3 aliphatic carbocycles. The van der Waals surface area contributed by atoms with E-state index in [0.29, 0.717) is 17.9 Å². The molecule has 2 bridgehead atoms. The van der Waals surface area contributed by atoms with E-state index in [9.17, 15) is 9.90 Å². The number of aromatic nitrogens is 1. The molecule has 2 unspecified atom stereocenters. The first-order chi connectivity index (χ1) is 12.5. The van der Waals surface area contributed by atoms with Crippen molar-refractivity contribution in [2.45, 2.75) is 55.2 Å². The van der Waals surface area contributed by atoms with Gasteiger partial charge in [0.25, 0.3) is 0 Å². The summed E-state index contributed by atoms with van der Waals surface area (Å²) in [4.78, 5) is 18.8. The third-order valence-electron chi connectivity index (χ3n) is 6.63. The number of likely N-dealkylation sites (tertiary alicyclic amines) is 1. The van der Waals surface area contributed by atoms with Gasteiger partial charge in [-0.2, -0.15) is 0 Å². The summed E-state index contributed by atoms with van der Waals surface area (Å²) in [6, 6.07) is 11.8. The van der Waals surface area contributed by atoms with Gasteiger partial charge in [0.15, 0.2) is 0 Å². The molecule has 2 atom stereocenters. The minimum Gasteiger partial charge on any atom is -0.373 e. The highest BCUT2D eigenvalue weighted by Crippen LogP contribution is 2.71. The number of halogens is 1. The number of pyridine rings is 1. The van der Waals surface area contributed by atoms with E-state index in [0.717, 1.165) is 24.8 Å². The van der Waals surface area contributed by atoms with Gasteiger partial charge in [-0.1, -0.05) is 23.7 Å². The lowest BCUT2D eigenvalue weighted by atomic mass is 9.36. The van der Waals surface area contributed by atoms with Gasteiger partial charge in [-0.05, 0) is 67.0 Å². The molecular formula is C21H21ClN2O2. The average molecular weight is 369 g/mol. The second kappa shape index (κ2) is 5.54.